The van der Waals surface area contributed by atoms with Crippen LogP contribution in [0.4, 0.5) is 11.4 Å². The predicted molar refractivity (Wildman–Crippen MR) is 279 cm³/mol. The average Bonchev–Trinajstić information content (AvgIpc) is 3.56. The van der Waals surface area contributed by atoms with Gasteiger partial charge in [0.1, 0.15) is 15.7 Å². The Bertz CT molecular complexity index is 2840. The Morgan fingerprint density at radius 2 is 1.42 bits per heavy atom. The summed E-state index contributed by atoms with van der Waals surface area (Å²) in [6, 6.07) is 18.9. The highest BCUT2D eigenvalue weighted by Gasteiger charge is 2.45. The largest absolute Gasteiger partial charge is 0.744 e. The summed E-state index contributed by atoms with van der Waals surface area (Å²) in [7, 11) is 5.04. The van der Waals surface area contributed by atoms with E-state index in [1.54, 1.807) is 18.2 Å². The van der Waals surface area contributed by atoms with Gasteiger partial charge in [-0.1, -0.05) is 50.3 Å². The maximum Gasteiger partial charge on any atom is 0.306 e. The van der Waals surface area contributed by atoms with Crippen LogP contribution in [-0.2, 0) is 46.7 Å². The summed E-state index contributed by atoms with van der Waals surface area (Å²) in [6.45, 7) is 17.6. The molecule has 2 heterocycles. The van der Waals surface area contributed by atoms with E-state index < -0.39 is 36.4 Å². The fourth-order valence-electron chi connectivity index (χ4n) is 10.0. The first-order chi connectivity index (χ1) is 31.8. The monoisotopic (exact) mass is 983 g/mol. The molecule has 69 heavy (non-hydrogen) atoms. The van der Waals surface area contributed by atoms with E-state index >= 15 is 0 Å². The van der Waals surface area contributed by atoms with Gasteiger partial charge in [-0.05, 0) is 130 Å². The van der Waals surface area contributed by atoms with Crippen molar-refractivity contribution in [3.05, 3.63) is 124 Å². The first-order valence-corrected chi connectivity index (χ1v) is 27.7. The molecule has 0 unspecified atom stereocenters. The van der Waals surface area contributed by atoms with Crippen LogP contribution in [0.15, 0.2) is 112 Å². The van der Waals surface area contributed by atoms with Crippen LogP contribution in [0.5, 0.6) is 0 Å². The molecule has 0 saturated heterocycles. The molecule has 0 atom stereocenters. The van der Waals surface area contributed by atoms with Crippen molar-refractivity contribution < 1.29 is 44.5 Å². The molecule has 2 aliphatic heterocycles. The van der Waals surface area contributed by atoms with Gasteiger partial charge in [0, 0.05) is 60.1 Å². The lowest BCUT2D eigenvalue weighted by atomic mass is 9.79. The Kier molecular flexibility index (Phi) is 15.5. The Balaban J connectivity index is 1.49. The van der Waals surface area contributed by atoms with Gasteiger partial charge in [0.15, 0.2) is 22.1 Å². The number of esters is 1. The number of carbonyl (C=O) groups excluding carboxylic acids is 1. The highest BCUT2D eigenvalue weighted by atomic mass is 32.2. The molecular weight excluding hydrogens is 905 g/mol. The topological polar surface area (TPSA) is 124 Å². The second-order valence-corrected chi connectivity index (χ2v) is 26.8. The van der Waals surface area contributed by atoms with Gasteiger partial charge in [-0.2, -0.15) is 4.58 Å². The first kappa shape index (κ1) is 53.7. The van der Waals surface area contributed by atoms with E-state index in [2.05, 4.69) is 128 Å². The van der Waals surface area contributed by atoms with Crippen LogP contribution in [0.3, 0.4) is 0 Å². The normalized spacial score (nSPS) is 18.7. The van der Waals surface area contributed by atoms with Crippen LogP contribution < -0.4 is 4.90 Å². The fraction of sp³-hybridized carbons (Fsp3) is 0.500. The van der Waals surface area contributed by atoms with Crippen LogP contribution >= 0.6 is 0 Å². The molecule has 0 radical (unpaired) electrons. The summed E-state index contributed by atoms with van der Waals surface area (Å²) < 4.78 is 72.2. The standard InChI is InChI=1S/C56H78N4O7S2/c1-54(2,3)67-52(61)33-22-40-20-23-43(24-21-40)53-41(25-31-50-55(4,5)46-38-44(68(14,62)63)27-29-48(46)57(50)34-16-36-59(8,9)10)18-15-19-42(53)26-32-51-56(6,7)47-39-45(69(64,65)66)28-30-49(47)58(51)35-17-37-60(11,12)13/h20-21,23-32,38-39H,15-19,22,33-37H2,1-14H3/q+2. The molecule has 0 spiro atoms. The molecule has 3 aliphatic rings. The molecular formula is C56H78N4O7S2+2. The molecule has 1 aliphatic carbocycles. The van der Waals surface area contributed by atoms with Crippen molar-refractivity contribution in [2.24, 2.45) is 0 Å². The van der Waals surface area contributed by atoms with Gasteiger partial charge in [-0.15, -0.1) is 0 Å². The van der Waals surface area contributed by atoms with Crippen molar-refractivity contribution in [3.8, 4) is 0 Å². The van der Waals surface area contributed by atoms with E-state index in [1.165, 1.54) is 23.5 Å². The fourth-order valence-corrected chi connectivity index (χ4v) is 11.2. The van der Waals surface area contributed by atoms with E-state index in [1.807, 2.05) is 32.9 Å². The van der Waals surface area contributed by atoms with Gasteiger partial charge in [-0.25, -0.2) is 16.8 Å². The van der Waals surface area contributed by atoms with Crippen molar-refractivity contribution in [2.45, 2.75) is 120 Å². The summed E-state index contributed by atoms with van der Waals surface area (Å²) in [5.74, 6) is -0.227. The second-order valence-electron chi connectivity index (χ2n) is 23.4. The van der Waals surface area contributed by atoms with Crippen molar-refractivity contribution in [1.29, 1.82) is 0 Å². The quantitative estimate of drug-likeness (QED) is 0.0567. The molecule has 13 heteroatoms. The van der Waals surface area contributed by atoms with Gasteiger partial charge in [-0.3, -0.25) is 4.79 Å². The number of fused-ring (bicyclic) bond motifs is 2. The lowest BCUT2D eigenvalue weighted by Gasteiger charge is -2.29. The number of ether oxygens (including phenoxy) is 1. The van der Waals surface area contributed by atoms with Crippen molar-refractivity contribution in [2.75, 3.05) is 79.6 Å². The highest BCUT2D eigenvalue weighted by molar-refractivity contribution is 7.90. The van der Waals surface area contributed by atoms with Gasteiger partial charge < -0.3 is 23.2 Å². The van der Waals surface area contributed by atoms with E-state index in [0.29, 0.717) is 11.3 Å². The van der Waals surface area contributed by atoms with Crippen molar-refractivity contribution in [1.82, 2.24) is 0 Å². The number of nitrogens with zero attached hydrogens (tertiary/aromatic N) is 4. The number of hydrogen-bond donors (Lipinski definition) is 0. The number of quaternary nitrogens is 2. The minimum absolute atomic E-state index is 0.224. The molecule has 6 rings (SSSR count). The summed E-state index contributed by atoms with van der Waals surface area (Å²) in [5, 5.41) is 0. The third-order valence-electron chi connectivity index (χ3n) is 13.6. The van der Waals surface area contributed by atoms with Crippen molar-refractivity contribution >= 4 is 48.6 Å². The van der Waals surface area contributed by atoms with Gasteiger partial charge in [0.25, 0.3) is 0 Å². The number of benzene rings is 3. The molecule has 11 nitrogen and oxygen atoms in total. The zero-order chi connectivity index (χ0) is 51.1. The molecule has 0 amide bonds. The molecule has 0 saturated carbocycles. The van der Waals surface area contributed by atoms with E-state index in [9.17, 15) is 26.2 Å². The van der Waals surface area contributed by atoms with Crippen molar-refractivity contribution in [3.63, 3.8) is 0 Å². The molecule has 3 aromatic carbocycles. The average molecular weight is 983 g/mol. The number of sulfone groups is 1. The molecule has 374 valence electrons. The van der Waals surface area contributed by atoms with Crippen LogP contribution in [0, 0.1) is 0 Å². The smallest absolute Gasteiger partial charge is 0.306 e. The Morgan fingerprint density at radius 1 is 0.797 bits per heavy atom. The minimum atomic E-state index is -4.66. The Labute approximate surface area is 414 Å². The maximum atomic E-state index is 12.8. The maximum absolute atomic E-state index is 12.8. The summed E-state index contributed by atoms with van der Waals surface area (Å²) >= 11 is 0. The van der Waals surface area contributed by atoms with Crippen LogP contribution in [0.25, 0.3) is 5.57 Å². The zero-order valence-electron chi connectivity index (χ0n) is 43.8. The third-order valence-corrected chi connectivity index (χ3v) is 15.5. The number of allylic oxidation sites excluding steroid dienone is 8. The van der Waals surface area contributed by atoms with Gasteiger partial charge in [0.05, 0.1) is 77.0 Å². The number of anilines is 1. The molecule has 0 bridgehead atoms. The predicted octanol–water partition coefficient (Wildman–Crippen LogP) is 9.64. The second kappa shape index (κ2) is 19.9. The number of rotatable bonds is 17. The number of carbonyl (C=O) groups is 1. The Morgan fingerprint density at radius 3 is 2.03 bits per heavy atom. The van der Waals surface area contributed by atoms with Crippen LogP contribution in [0.2, 0.25) is 0 Å². The van der Waals surface area contributed by atoms with E-state index in [4.69, 9.17) is 4.74 Å². The SMILES string of the molecule is CC(C)(C)OC(=O)CCc1ccc(C2=C(C=CC3=[N+](CCC[N+](C)(C)C)c4ccc(S(C)(=O)=O)cc4C3(C)C)CCCC2=CC=C2N(CCC[N+](C)(C)C)c3ccc(S(=O)(=O)[O-])cc3C2(C)C)cc1. The van der Waals surface area contributed by atoms with Crippen LogP contribution in [-0.4, -0.2) is 127 Å². The zero-order valence-corrected chi connectivity index (χ0v) is 45.5. The molecule has 0 N–H and O–H groups in total. The van der Waals surface area contributed by atoms with Gasteiger partial charge >= 0.3 is 5.97 Å². The lowest BCUT2D eigenvalue weighted by Crippen LogP contribution is -2.37. The lowest BCUT2D eigenvalue weighted by molar-refractivity contribution is -0.871. The highest BCUT2D eigenvalue weighted by Crippen LogP contribution is 2.49. The first-order valence-electron chi connectivity index (χ1n) is 24.4. The van der Waals surface area contributed by atoms with Gasteiger partial charge in [0.2, 0.25) is 5.69 Å². The Hall–Kier alpha value is -4.66. The molecule has 3 aromatic rings. The molecule has 0 fully saturated rings. The summed E-state index contributed by atoms with van der Waals surface area (Å²) in [5.41, 5.74) is 9.87. The summed E-state index contributed by atoms with van der Waals surface area (Å²) in [4.78, 5) is 15.1. The van der Waals surface area contributed by atoms with E-state index in [-0.39, 0.29) is 17.3 Å². The number of aryl methyl sites for hydroxylation is 1. The van der Waals surface area contributed by atoms with E-state index in [0.717, 1.165) is 118 Å². The minimum Gasteiger partial charge on any atom is -0.744 e. The third kappa shape index (κ3) is 13.0. The van der Waals surface area contributed by atoms with Crippen LogP contribution in [0.1, 0.15) is 109 Å². The summed E-state index contributed by atoms with van der Waals surface area (Å²) in [6.07, 6.45) is 15.5. The molecule has 0 aromatic heterocycles. The number of hydrogen-bond acceptors (Lipinski definition) is 8.